The summed E-state index contributed by atoms with van der Waals surface area (Å²) in [5, 5.41) is 2.21. The zero-order valence-corrected chi connectivity index (χ0v) is 19.6. The van der Waals surface area contributed by atoms with Gasteiger partial charge in [-0.1, -0.05) is 33.6 Å². The van der Waals surface area contributed by atoms with Crippen LogP contribution in [0, 0.1) is 0 Å². The summed E-state index contributed by atoms with van der Waals surface area (Å²) < 4.78 is 91.2. The van der Waals surface area contributed by atoms with E-state index in [1.807, 2.05) is 0 Å². The minimum Gasteiger partial charge on any atom is -0.435 e. The summed E-state index contributed by atoms with van der Waals surface area (Å²) in [5.74, 6) is -3.61. The third-order valence-corrected chi connectivity index (χ3v) is 6.25. The van der Waals surface area contributed by atoms with Crippen LogP contribution < -0.4 is 5.32 Å². The number of hydrogen-bond donors (Lipinski definition) is 1. The van der Waals surface area contributed by atoms with Crippen molar-refractivity contribution in [2.45, 2.75) is 83.2 Å². The highest BCUT2D eigenvalue weighted by atomic mass is 19.3. The summed E-state index contributed by atoms with van der Waals surface area (Å²) in [6.07, 6.45) is -7.93. The van der Waals surface area contributed by atoms with Crippen molar-refractivity contribution in [2.24, 2.45) is 0 Å². The van der Waals surface area contributed by atoms with Gasteiger partial charge in [0.25, 0.3) is 12.3 Å². The first-order chi connectivity index (χ1) is 16.5. The van der Waals surface area contributed by atoms with E-state index in [0.717, 1.165) is 12.1 Å². The number of aromatic nitrogens is 2. The molecule has 1 aliphatic heterocycles. The van der Waals surface area contributed by atoms with E-state index in [2.05, 4.69) is 15.3 Å². The maximum absolute atomic E-state index is 14.9. The molecule has 1 amide bonds. The number of carbonyl (C=O) groups excluding carboxylic acids is 1. The summed E-state index contributed by atoms with van der Waals surface area (Å²) in [6, 6.07) is 3.27. The third kappa shape index (κ3) is 5.08. The Balaban J connectivity index is 2.35. The van der Waals surface area contributed by atoms with E-state index in [4.69, 9.17) is 4.74 Å². The quantitative estimate of drug-likeness (QED) is 0.339. The Morgan fingerprint density at radius 1 is 1.09 bits per heavy atom. The molecule has 5 nitrogen and oxygen atoms in total. The number of amides is 1. The van der Waals surface area contributed by atoms with E-state index in [1.54, 1.807) is 13.8 Å². The Morgan fingerprint density at radius 2 is 1.74 bits per heavy atom. The van der Waals surface area contributed by atoms with Crippen molar-refractivity contribution in [3.8, 4) is 11.3 Å². The summed E-state index contributed by atoms with van der Waals surface area (Å²) in [6.45, 7) is 4.68. The number of rotatable bonds is 10. The molecule has 0 aromatic carbocycles. The number of carbonyl (C=O) groups is 1. The van der Waals surface area contributed by atoms with E-state index < -0.39 is 48.4 Å². The zero-order chi connectivity index (χ0) is 26.0. The van der Waals surface area contributed by atoms with E-state index in [-0.39, 0.29) is 41.2 Å². The van der Waals surface area contributed by atoms with Crippen LogP contribution in [0.15, 0.2) is 24.4 Å². The van der Waals surface area contributed by atoms with Crippen LogP contribution in [0.2, 0.25) is 0 Å². The molecule has 1 unspecified atom stereocenters. The van der Waals surface area contributed by atoms with Gasteiger partial charge in [0.1, 0.15) is 5.82 Å². The number of nitrogens with zero attached hydrogens (tertiary/aromatic N) is 2. The van der Waals surface area contributed by atoms with Crippen molar-refractivity contribution in [2.75, 3.05) is 5.32 Å². The Kier molecular flexibility index (Phi) is 7.96. The number of hydrogen-bond acceptors (Lipinski definition) is 4. The molecule has 0 saturated heterocycles. The fourth-order valence-corrected chi connectivity index (χ4v) is 4.50. The average Bonchev–Trinajstić information content (AvgIpc) is 2.82. The highest BCUT2D eigenvalue weighted by Gasteiger charge is 2.44. The summed E-state index contributed by atoms with van der Waals surface area (Å²) >= 11 is 0. The lowest BCUT2D eigenvalue weighted by Gasteiger charge is -2.34. The number of halogens is 6. The number of ether oxygens (including phenoxy) is 1. The molecule has 3 heterocycles. The molecule has 3 rings (SSSR count). The number of pyridine rings is 2. The fourth-order valence-electron chi connectivity index (χ4n) is 4.50. The molecule has 1 atom stereocenters. The van der Waals surface area contributed by atoms with Crippen molar-refractivity contribution in [3.05, 3.63) is 41.2 Å². The van der Waals surface area contributed by atoms with Crippen molar-refractivity contribution in [1.82, 2.24) is 9.97 Å². The minimum absolute atomic E-state index is 0.000619. The van der Waals surface area contributed by atoms with Gasteiger partial charge in [-0.25, -0.2) is 36.1 Å². The van der Waals surface area contributed by atoms with Crippen LogP contribution in [0.5, 0.6) is 0 Å². The molecule has 0 aliphatic carbocycles. The molecule has 0 fully saturated rings. The van der Waals surface area contributed by atoms with Gasteiger partial charge in [-0.15, -0.1) is 0 Å². The summed E-state index contributed by atoms with van der Waals surface area (Å²) in [7, 11) is 0. The van der Waals surface area contributed by atoms with Gasteiger partial charge in [-0.05, 0) is 31.0 Å². The van der Waals surface area contributed by atoms with Crippen LogP contribution in [0.4, 0.5) is 37.0 Å². The second-order valence-electron chi connectivity index (χ2n) is 8.55. The molecule has 0 spiro atoms. The highest BCUT2D eigenvalue weighted by Crippen LogP contribution is 2.45. The molecule has 0 bridgehead atoms. The normalized spacial score (nSPS) is 16.3. The van der Waals surface area contributed by atoms with Crippen LogP contribution in [-0.2, 0) is 16.1 Å². The molecule has 192 valence electrons. The number of alkyl halides is 6. The van der Waals surface area contributed by atoms with Gasteiger partial charge < -0.3 is 4.74 Å². The predicted molar refractivity (Wildman–Crippen MR) is 118 cm³/mol. The molecule has 35 heavy (non-hydrogen) atoms. The molecule has 0 saturated carbocycles. The van der Waals surface area contributed by atoms with E-state index in [9.17, 15) is 31.1 Å². The first-order valence-electron chi connectivity index (χ1n) is 11.4. The largest absolute Gasteiger partial charge is 0.435 e. The van der Waals surface area contributed by atoms with E-state index >= 15 is 0 Å². The summed E-state index contributed by atoms with van der Waals surface area (Å²) in [5.41, 5.74) is -3.09. The summed E-state index contributed by atoms with van der Waals surface area (Å²) in [4.78, 5) is 20.0. The van der Waals surface area contributed by atoms with E-state index in [0.29, 0.717) is 12.8 Å². The lowest BCUT2D eigenvalue weighted by molar-refractivity contribution is -0.0169. The predicted octanol–water partition coefficient (Wildman–Crippen LogP) is 7.62. The molecule has 0 radical (unpaired) electrons. The van der Waals surface area contributed by atoms with Gasteiger partial charge in [0, 0.05) is 23.7 Å². The number of nitrogens with one attached hydrogen (secondary N) is 1. The monoisotopic (exact) mass is 503 g/mol. The molecule has 11 heteroatoms. The van der Waals surface area contributed by atoms with Gasteiger partial charge in [-0.2, -0.15) is 0 Å². The number of anilines is 1. The van der Waals surface area contributed by atoms with Crippen molar-refractivity contribution < 1.29 is 35.9 Å². The molecule has 1 aliphatic rings. The molecule has 2 aromatic heterocycles. The zero-order valence-electron chi connectivity index (χ0n) is 19.6. The first kappa shape index (κ1) is 26.7. The van der Waals surface area contributed by atoms with Crippen LogP contribution in [-0.4, -0.2) is 28.9 Å². The Morgan fingerprint density at radius 3 is 2.29 bits per heavy atom. The second kappa shape index (κ2) is 10.4. The average molecular weight is 503 g/mol. The highest BCUT2D eigenvalue weighted by molar-refractivity contribution is 5.89. The van der Waals surface area contributed by atoms with Gasteiger partial charge in [-0.3, -0.25) is 10.3 Å². The Labute approximate surface area is 199 Å². The molecular weight excluding hydrogens is 476 g/mol. The maximum Gasteiger partial charge on any atom is 0.413 e. The standard InChI is InChI=1S/C24H27F6N3O2/c1-4-8-23(9-5-2,21(27)28)16-12-13(24(29,30)6-3)11-15(32-16)14-7-10-31-20-17(14)18(19(25)26)35-22(34)33-20/h7,10-12,18-19,21H,4-6,8-9H2,1-3H3,(H,31,33,34). The smallest absolute Gasteiger partial charge is 0.413 e. The van der Waals surface area contributed by atoms with Crippen molar-refractivity contribution >= 4 is 11.9 Å². The van der Waals surface area contributed by atoms with Crippen LogP contribution in [0.3, 0.4) is 0 Å². The van der Waals surface area contributed by atoms with E-state index in [1.165, 1.54) is 19.2 Å². The van der Waals surface area contributed by atoms with Crippen LogP contribution >= 0.6 is 0 Å². The maximum atomic E-state index is 14.9. The van der Waals surface area contributed by atoms with Crippen LogP contribution in [0.1, 0.15) is 75.8 Å². The topological polar surface area (TPSA) is 64.1 Å². The molecule has 1 N–H and O–H groups in total. The van der Waals surface area contributed by atoms with Gasteiger partial charge >= 0.3 is 6.09 Å². The SMILES string of the molecule is CCCC(CCC)(c1cc(C(F)(F)CC)cc(-c2ccnc3c2C(C(F)F)OC(=O)N3)n1)C(F)F. The first-order valence-corrected chi connectivity index (χ1v) is 11.4. The van der Waals surface area contributed by atoms with Crippen molar-refractivity contribution in [1.29, 1.82) is 0 Å². The second-order valence-corrected chi connectivity index (χ2v) is 8.55. The lowest BCUT2D eigenvalue weighted by Crippen LogP contribution is -2.36. The molecular formula is C24H27F6N3O2. The van der Waals surface area contributed by atoms with Crippen molar-refractivity contribution in [3.63, 3.8) is 0 Å². The van der Waals surface area contributed by atoms with Gasteiger partial charge in [0.05, 0.1) is 22.4 Å². The third-order valence-electron chi connectivity index (χ3n) is 6.25. The van der Waals surface area contributed by atoms with Gasteiger partial charge in [0.15, 0.2) is 6.10 Å². The molecule has 2 aromatic rings. The number of cyclic esters (lactones) is 1. The van der Waals surface area contributed by atoms with Gasteiger partial charge in [0.2, 0.25) is 6.43 Å². The van der Waals surface area contributed by atoms with Crippen LogP contribution in [0.25, 0.3) is 11.3 Å². The minimum atomic E-state index is -3.38. The fraction of sp³-hybridized carbons (Fsp3) is 0.542. The lowest BCUT2D eigenvalue weighted by atomic mass is 9.75. The Hall–Kier alpha value is -2.85. The Bertz CT molecular complexity index is 1060. The number of fused-ring (bicyclic) bond motifs is 1.